The quantitative estimate of drug-likeness (QED) is 0.312. The Morgan fingerprint density at radius 3 is 2.65 bits per heavy atom. The van der Waals surface area contributed by atoms with Crippen molar-refractivity contribution in [1.82, 2.24) is 19.5 Å². The van der Waals surface area contributed by atoms with Gasteiger partial charge in [-0.05, 0) is 65.7 Å². The number of amides is 1. The largest absolute Gasteiger partial charge is 0.497 e. The van der Waals surface area contributed by atoms with E-state index in [1.807, 2.05) is 54.7 Å². The number of benzene rings is 3. The first kappa shape index (κ1) is 23.0. The molecule has 37 heavy (non-hydrogen) atoms. The third kappa shape index (κ3) is 3.95. The molecule has 184 valence electrons. The van der Waals surface area contributed by atoms with E-state index < -0.39 is 11.9 Å². The number of rotatable bonds is 5. The summed E-state index contributed by atoms with van der Waals surface area (Å²) in [5, 5.41) is 4.55. The second kappa shape index (κ2) is 8.90. The van der Waals surface area contributed by atoms with Crippen LogP contribution in [0.3, 0.4) is 0 Å². The summed E-state index contributed by atoms with van der Waals surface area (Å²) in [5.41, 5.74) is 11.7. The Morgan fingerprint density at radius 2 is 1.86 bits per heavy atom. The van der Waals surface area contributed by atoms with Gasteiger partial charge in [0.15, 0.2) is 5.65 Å². The van der Waals surface area contributed by atoms with Crippen molar-refractivity contribution < 1.29 is 13.9 Å². The molecule has 7 nitrogen and oxygen atoms in total. The maximum atomic E-state index is 14.4. The highest BCUT2D eigenvalue weighted by Gasteiger charge is 2.40. The van der Waals surface area contributed by atoms with E-state index in [1.54, 1.807) is 16.5 Å². The molecule has 3 aromatic carbocycles. The molecular formula is C28H21ClFN5O2. The average Bonchev–Trinajstić information content (AvgIpc) is 3.48. The second-order valence-electron chi connectivity index (χ2n) is 8.86. The number of methoxy groups -OCH3 is 1. The van der Waals surface area contributed by atoms with Gasteiger partial charge in [0.2, 0.25) is 0 Å². The van der Waals surface area contributed by atoms with Crippen molar-refractivity contribution in [3.8, 4) is 16.9 Å². The van der Waals surface area contributed by atoms with Crippen LogP contribution in [0.2, 0.25) is 5.02 Å². The average molecular weight is 514 g/mol. The summed E-state index contributed by atoms with van der Waals surface area (Å²) in [6.07, 6.45) is 3.31. The third-order valence-corrected chi connectivity index (χ3v) is 7.00. The van der Waals surface area contributed by atoms with Crippen LogP contribution in [0.5, 0.6) is 5.75 Å². The monoisotopic (exact) mass is 513 g/mol. The molecule has 1 amide bonds. The van der Waals surface area contributed by atoms with Crippen LogP contribution in [-0.4, -0.2) is 32.5 Å². The topological polar surface area (TPSA) is 85.8 Å². The molecule has 1 atom stereocenters. The highest BCUT2D eigenvalue weighted by atomic mass is 35.5. The number of anilines is 1. The molecule has 0 saturated heterocycles. The van der Waals surface area contributed by atoms with Crippen LogP contribution in [0.1, 0.15) is 33.1 Å². The number of aromatic nitrogens is 3. The van der Waals surface area contributed by atoms with Gasteiger partial charge in [-0.15, -0.1) is 0 Å². The van der Waals surface area contributed by atoms with Gasteiger partial charge in [-0.3, -0.25) is 4.79 Å². The summed E-state index contributed by atoms with van der Waals surface area (Å²) in [6.45, 7) is 0.273. The molecule has 2 N–H and O–H groups in total. The summed E-state index contributed by atoms with van der Waals surface area (Å²) < 4.78 is 21.3. The predicted octanol–water partition coefficient (Wildman–Crippen LogP) is 5.53. The molecule has 1 aliphatic rings. The van der Waals surface area contributed by atoms with Crippen LogP contribution in [0, 0.1) is 5.82 Å². The molecule has 0 aliphatic carbocycles. The lowest BCUT2D eigenvalue weighted by molar-refractivity contribution is 0.0736. The lowest BCUT2D eigenvalue weighted by Gasteiger charge is -2.27. The van der Waals surface area contributed by atoms with E-state index in [0.29, 0.717) is 38.8 Å². The highest BCUT2D eigenvalue weighted by molar-refractivity contribution is 6.31. The summed E-state index contributed by atoms with van der Waals surface area (Å²) >= 11 is 6.54. The third-order valence-electron chi connectivity index (χ3n) is 6.66. The fraction of sp³-hybridized carbons (Fsp3) is 0.107. The highest BCUT2D eigenvalue weighted by Crippen LogP contribution is 2.46. The number of carbonyl (C=O) groups excluding carboxylic acids is 1. The van der Waals surface area contributed by atoms with E-state index in [1.165, 1.54) is 24.5 Å². The van der Waals surface area contributed by atoms with Crippen molar-refractivity contribution in [1.29, 1.82) is 0 Å². The Bertz CT molecular complexity index is 1670. The summed E-state index contributed by atoms with van der Waals surface area (Å²) in [6, 6.07) is 18.3. The van der Waals surface area contributed by atoms with Crippen LogP contribution in [0.25, 0.3) is 16.8 Å². The molecule has 0 spiro atoms. The SMILES string of the molecule is COc1ccc(CN2C(=O)c3cc(-c4ccc5ncnn5c4)cc(N)c3C2c2cc(F)ccc2Cl)cc1. The number of nitrogens with zero attached hydrogens (tertiary/aromatic N) is 4. The molecule has 3 heterocycles. The Morgan fingerprint density at radius 1 is 1.05 bits per heavy atom. The number of fused-ring (bicyclic) bond motifs is 2. The van der Waals surface area contributed by atoms with E-state index in [0.717, 1.165) is 16.7 Å². The standard InChI is InChI=1S/C28H21ClFN5O2/c1-37-20-6-2-16(3-7-20)13-34-27(21-12-19(30)5-8-23(21)29)26-22(28(34)36)10-18(11-24(26)31)17-4-9-25-32-15-33-35(25)14-17/h2-12,14-15,27H,13,31H2,1H3. The number of nitrogen functional groups attached to an aromatic ring is 1. The summed E-state index contributed by atoms with van der Waals surface area (Å²) in [4.78, 5) is 19.7. The number of hydrogen-bond acceptors (Lipinski definition) is 5. The molecule has 6 rings (SSSR count). The van der Waals surface area contributed by atoms with Crippen molar-refractivity contribution in [2.75, 3.05) is 12.8 Å². The number of carbonyl (C=O) groups is 1. The number of halogens is 2. The number of ether oxygens (including phenoxy) is 1. The number of pyridine rings is 1. The smallest absolute Gasteiger partial charge is 0.255 e. The predicted molar refractivity (Wildman–Crippen MR) is 139 cm³/mol. The molecule has 9 heteroatoms. The minimum atomic E-state index is -0.653. The van der Waals surface area contributed by atoms with Gasteiger partial charge in [0.1, 0.15) is 17.9 Å². The zero-order valence-electron chi connectivity index (χ0n) is 19.7. The van der Waals surface area contributed by atoms with E-state index in [4.69, 9.17) is 22.1 Å². The molecule has 1 unspecified atom stereocenters. The number of hydrogen-bond donors (Lipinski definition) is 1. The van der Waals surface area contributed by atoms with E-state index in [2.05, 4.69) is 10.1 Å². The van der Waals surface area contributed by atoms with Crippen molar-refractivity contribution in [2.24, 2.45) is 0 Å². The van der Waals surface area contributed by atoms with Crippen molar-refractivity contribution in [2.45, 2.75) is 12.6 Å². The van der Waals surface area contributed by atoms with E-state index >= 15 is 0 Å². The van der Waals surface area contributed by atoms with Crippen LogP contribution < -0.4 is 10.5 Å². The Hall–Kier alpha value is -4.43. The molecule has 1 aliphatic heterocycles. The summed E-state index contributed by atoms with van der Waals surface area (Å²) in [7, 11) is 1.60. The van der Waals surface area contributed by atoms with Gasteiger partial charge < -0.3 is 15.4 Å². The normalized spacial score (nSPS) is 14.8. The second-order valence-corrected chi connectivity index (χ2v) is 9.26. The first-order valence-electron chi connectivity index (χ1n) is 11.5. The maximum Gasteiger partial charge on any atom is 0.255 e. The van der Waals surface area contributed by atoms with Gasteiger partial charge >= 0.3 is 0 Å². The van der Waals surface area contributed by atoms with Gasteiger partial charge in [-0.2, -0.15) is 5.10 Å². The van der Waals surface area contributed by atoms with Gasteiger partial charge in [-0.1, -0.05) is 23.7 Å². The first-order valence-corrected chi connectivity index (χ1v) is 11.9. The molecule has 5 aromatic rings. The molecule has 0 bridgehead atoms. The Balaban J connectivity index is 1.49. The lowest BCUT2D eigenvalue weighted by Crippen LogP contribution is -2.28. The first-order chi connectivity index (χ1) is 17.9. The van der Waals surface area contributed by atoms with Crippen LogP contribution in [0.15, 0.2) is 79.3 Å². The summed E-state index contributed by atoms with van der Waals surface area (Å²) in [5.74, 6) is 0.0512. The van der Waals surface area contributed by atoms with Crippen LogP contribution in [0.4, 0.5) is 10.1 Å². The van der Waals surface area contributed by atoms with Gasteiger partial charge in [0, 0.05) is 45.7 Å². The fourth-order valence-corrected chi connectivity index (χ4v) is 5.10. The zero-order chi connectivity index (χ0) is 25.7. The van der Waals surface area contributed by atoms with Crippen molar-refractivity contribution in [3.63, 3.8) is 0 Å². The Kier molecular flexibility index (Phi) is 5.53. The maximum absolute atomic E-state index is 14.4. The van der Waals surface area contributed by atoms with Crippen LogP contribution in [-0.2, 0) is 6.54 Å². The zero-order valence-corrected chi connectivity index (χ0v) is 20.5. The minimum absolute atomic E-state index is 0.216. The molecule has 0 radical (unpaired) electrons. The fourth-order valence-electron chi connectivity index (χ4n) is 4.88. The molecule has 0 fully saturated rings. The van der Waals surface area contributed by atoms with Crippen LogP contribution >= 0.6 is 11.6 Å². The Labute approximate surface area is 216 Å². The molecular weight excluding hydrogens is 493 g/mol. The lowest BCUT2D eigenvalue weighted by atomic mass is 9.93. The van der Waals surface area contributed by atoms with Crippen molar-refractivity contribution in [3.05, 3.63) is 112 Å². The van der Waals surface area contributed by atoms with E-state index in [-0.39, 0.29) is 12.5 Å². The molecule has 0 saturated carbocycles. The molecule has 2 aromatic heterocycles. The van der Waals surface area contributed by atoms with Gasteiger partial charge in [0.25, 0.3) is 5.91 Å². The van der Waals surface area contributed by atoms with Crippen molar-refractivity contribution >= 4 is 28.8 Å². The minimum Gasteiger partial charge on any atom is -0.497 e. The van der Waals surface area contributed by atoms with Gasteiger partial charge in [0.05, 0.1) is 13.2 Å². The number of nitrogens with two attached hydrogens (primary N) is 1. The van der Waals surface area contributed by atoms with Gasteiger partial charge in [-0.25, -0.2) is 13.9 Å². The van der Waals surface area contributed by atoms with E-state index in [9.17, 15) is 9.18 Å².